The number of nitrogens with zero attached hydrogens (tertiary/aromatic N) is 2. The molecule has 0 aliphatic heterocycles. The maximum atomic E-state index is 12.9. The minimum atomic E-state index is -3.58. The van der Waals surface area contributed by atoms with Gasteiger partial charge in [-0.2, -0.15) is 5.10 Å². The van der Waals surface area contributed by atoms with Gasteiger partial charge in [-0.05, 0) is 69.4 Å². The van der Waals surface area contributed by atoms with E-state index in [9.17, 15) is 18.0 Å². The molecule has 0 atom stereocenters. The van der Waals surface area contributed by atoms with Gasteiger partial charge in [-0.25, -0.2) is 18.1 Å². The fraction of sp³-hybridized carbons (Fsp3) is 0.409. The highest BCUT2D eigenvalue weighted by Gasteiger charge is 2.26. The minimum absolute atomic E-state index is 0.106. The molecule has 2 aromatic rings. The Labute approximate surface area is 192 Å². The highest BCUT2D eigenvalue weighted by atomic mass is 32.2. The van der Waals surface area contributed by atoms with Crippen molar-refractivity contribution in [2.45, 2.75) is 50.8 Å². The number of hydrazone groups is 1. The van der Waals surface area contributed by atoms with E-state index in [0.29, 0.717) is 16.1 Å². The van der Waals surface area contributed by atoms with E-state index >= 15 is 0 Å². The number of aryl methyl sites for hydroxylation is 1. The molecule has 0 spiro atoms. The van der Waals surface area contributed by atoms with Crippen LogP contribution in [0.4, 0.5) is 5.00 Å². The first kappa shape index (κ1) is 24.1. The monoisotopic (exact) mass is 476 g/mol. The lowest BCUT2D eigenvalue weighted by molar-refractivity contribution is 0.0955. The normalized spacial score (nSPS) is 13.8. The standard InChI is InChI=1S/C22H28N4O4S2/c1-14(2)24-25-21(28)19-17-8-6-5-7-9-18(17)31-22(19)23-20(27)15-10-12-16(13-11-15)32(29,30)26(3)4/h10-13H,5-9H2,1-4H3,(H,23,27)(H,25,28). The maximum Gasteiger partial charge on any atom is 0.274 e. The lowest BCUT2D eigenvalue weighted by Gasteiger charge is -2.12. The van der Waals surface area contributed by atoms with E-state index in [1.54, 1.807) is 13.8 Å². The second kappa shape index (κ2) is 9.93. The van der Waals surface area contributed by atoms with E-state index in [2.05, 4.69) is 15.8 Å². The molecule has 1 aliphatic rings. The van der Waals surface area contributed by atoms with Gasteiger partial charge in [0.1, 0.15) is 5.00 Å². The first-order valence-electron chi connectivity index (χ1n) is 10.4. The second-order valence-corrected chi connectivity index (χ2v) is 11.3. The number of thiophene rings is 1. The fourth-order valence-electron chi connectivity index (χ4n) is 3.45. The van der Waals surface area contributed by atoms with Crippen LogP contribution in [-0.2, 0) is 22.9 Å². The third kappa shape index (κ3) is 5.25. The molecule has 0 unspecified atom stereocenters. The molecule has 0 fully saturated rings. The van der Waals surface area contributed by atoms with E-state index in [1.807, 2.05) is 0 Å². The van der Waals surface area contributed by atoms with Crippen molar-refractivity contribution >= 4 is 43.9 Å². The summed E-state index contributed by atoms with van der Waals surface area (Å²) in [6.45, 7) is 3.58. The van der Waals surface area contributed by atoms with Crippen molar-refractivity contribution in [3.8, 4) is 0 Å². The van der Waals surface area contributed by atoms with Gasteiger partial charge in [0.25, 0.3) is 11.8 Å². The Bertz CT molecular complexity index is 1150. The third-order valence-corrected chi connectivity index (χ3v) is 8.19. The van der Waals surface area contributed by atoms with E-state index in [-0.39, 0.29) is 10.8 Å². The number of anilines is 1. The molecule has 0 bridgehead atoms. The predicted octanol–water partition coefficient (Wildman–Crippen LogP) is 3.65. The zero-order valence-corrected chi connectivity index (χ0v) is 20.3. The van der Waals surface area contributed by atoms with Crippen LogP contribution < -0.4 is 10.7 Å². The summed E-state index contributed by atoms with van der Waals surface area (Å²) in [5.41, 5.74) is 5.05. The van der Waals surface area contributed by atoms with Crippen LogP contribution in [0.1, 0.15) is 64.3 Å². The maximum absolute atomic E-state index is 12.9. The zero-order valence-electron chi connectivity index (χ0n) is 18.7. The Hall–Kier alpha value is -2.56. The van der Waals surface area contributed by atoms with Crippen LogP contribution in [0, 0.1) is 0 Å². The second-order valence-electron chi connectivity index (χ2n) is 8.03. The number of carbonyl (C=O) groups excluding carboxylic acids is 2. The number of rotatable bonds is 6. The molecule has 1 aromatic carbocycles. The Morgan fingerprint density at radius 3 is 2.28 bits per heavy atom. The average Bonchev–Trinajstić information content (AvgIpc) is 2.92. The van der Waals surface area contributed by atoms with Gasteiger partial charge < -0.3 is 5.32 Å². The van der Waals surface area contributed by atoms with Gasteiger partial charge in [0.15, 0.2) is 0 Å². The topological polar surface area (TPSA) is 108 Å². The average molecular weight is 477 g/mol. The number of fused-ring (bicyclic) bond motifs is 1. The highest BCUT2D eigenvalue weighted by Crippen LogP contribution is 2.37. The summed E-state index contributed by atoms with van der Waals surface area (Å²) in [7, 11) is -0.673. The molecular formula is C22H28N4O4S2. The molecule has 1 aliphatic carbocycles. The van der Waals surface area contributed by atoms with Crippen LogP contribution in [0.2, 0.25) is 0 Å². The van der Waals surface area contributed by atoms with Crippen molar-refractivity contribution in [3.63, 3.8) is 0 Å². The lowest BCUT2D eigenvalue weighted by atomic mass is 10.0. The van der Waals surface area contributed by atoms with Gasteiger partial charge in [0.2, 0.25) is 10.0 Å². The SMILES string of the molecule is CC(C)=NNC(=O)c1c(NC(=O)c2ccc(S(=O)(=O)N(C)C)cc2)sc2c1CCCCC2. The van der Waals surface area contributed by atoms with Gasteiger partial charge in [-0.15, -0.1) is 11.3 Å². The van der Waals surface area contributed by atoms with Gasteiger partial charge in [0, 0.05) is 30.2 Å². The number of sulfonamides is 1. The first-order valence-corrected chi connectivity index (χ1v) is 12.7. The zero-order chi connectivity index (χ0) is 23.5. The number of benzene rings is 1. The van der Waals surface area contributed by atoms with Crippen LogP contribution >= 0.6 is 11.3 Å². The van der Waals surface area contributed by atoms with E-state index in [0.717, 1.165) is 52.6 Å². The van der Waals surface area contributed by atoms with Crippen LogP contribution in [0.15, 0.2) is 34.3 Å². The summed E-state index contributed by atoms with van der Waals surface area (Å²) in [6.07, 6.45) is 4.82. The fourth-order valence-corrected chi connectivity index (χ4v) is 5.64. The van der Waals surface area contributed by atoms with Crippen LogP contribution in [0.25, 0.3) is 0 Å². The predicted molar refractivity (Wildman–Crippen MR) is 127 cm³/mol. The van der Waals surface area contributed by atoms with Crippen molar-refractivity contribution in [1.82, 2.24) is 9.73 Å². The van der Waals surface area contributed by atoms with Gasteiger partial charge >= 0.3 is 0 Å². The molecule has 0 radical (unpaired) electrons. The molecule has 32 heavy (non-hydrogen) atoms. The quantitative estimate of drug-likeness (QED) is 0.377. The number of amides is 2. The Balaban J connectivity index is 1.90. The summed E-state index contributed by atoms with van der Waals surface area (Å²) < 4.78 is 25.6. The highest BCUT2D eigenvalue weighted by molar-refractivity contribution is 7.89. The largest absolute Gasteiger partial charge is 0.313 e. The summed E-state index contributed by atoms with van der Waals surface area (Å²) in [6, 6.07) is 5.74. The Morgan fingerprint density at radius 2 is 1.66 bits per heavy atom. The van der Waals surface area contributed by atoms with Crippen molar-refractivity contribution in [3.05, 3.63) is 45.8 Å². The lowest BCUT2D eigenvalue weighted by Crippen LogP contribution is -2.23. The third-order valence-electron chi connectivity index (χ3n) is 5.15. The molecule has 3 rings (SSSR count). The van der Waals surface area contributed by atoms with Crippen LogP contribution in [0.5, 0.6) is 0 Å². The molecule has 0 saturated heterocycles. The molecule has 2 amide bonds. The van der Waals surface area contributed by atoms with Gasteiger partial charge in [-0.3, -0.25) is 9.59 Å². The number of hydrogen-bond donors (Lipinski definition) is 2. The molecule has 10 heteroatoms. The summed E-state index contributed by atoms with van der Waals surface area (Å²) in [5.74, 6) is -0.743. The Morgan fingerprint density at radius 1 is 1.00 bits per heavy atom. The molecule has 2 N–H and O–H groups in total. The summed E-state index contributed by atoms with van der Waals surface area (Å²) in [4.78, 5) is 27.0. The van der Waals surface area contributed by atoms with Crippen molar-refractivity contribution in [2.75, 3.05) is 19.4 Å². The number of nitrogens with one attached hydrogen (secondary N) is 2. The van der Waals surface area contributed by atoms with Crippen molar-refractivity contribution in [1.29, 1.82) is 0 Å². The van der Waals surface area contributed by atoms with E-state index in [4.69, 9.17) is 0 Å². The molecule has 1 heterocycles. The molecule has 8 nitrogen and oxygen atoms in total. The van der Waals surface area contributed by atoms with Gasteiger partial charge in [0.05, 0.1) is 10.5 Å². The van der Waals surface area contributed by atoms with Crippen LogP contribution in [-0.4, -0.2) is 44.3 Å². The van der Waals surface area contributed by atoms with Gasteiger partial charge in [-0.1, -0.05) is 6.42 Å². The first-order chi connectivity index (χ1) is 15.1. The Kier molecular flexibility index (Phi) is 7.47. The van der Waals surface area contributed by atoms with Crippen molar-refractivity contribution < 1.29 is 18.0 Å². The molecule has 0 saturated carbocycles. The summed E-state index contributed by atoms with van der Waals surface area (Å²) in [5, 5.41) is 7.38. The smallest absolute Gasteiger partial charge is 0.274 e. The minimum Gasteiger partial charge on any atom is -0.313 e. The molecule has 172 valence electrons. The van der Waals surface area contributed by atoms with Crippen LogP contribution in [0.3, 0.4) is 0 Å². The van der Waals surface area contributed by atoms with E-state index in [1.165, 1.54) is 49.7 Å². The summed E-state index contributed by atoms with van der Waals surface area (Å²) >= 11 is 1.43. The molecule has 1 aromatic heterocycles. The number of carbonyl (C=O) groups is 2. The number of hydrogen-bond acceptors (Lipinski definition) is 6. The van der Waals surface area contributed by atoms with E-state index < -0.39 is 15.9 Å². The van der Waals surface area contributed by atoms with Crippen molar-refractivity contribution in [2.24, 2.45) is 5.10 Å². The molecular weight excluding hydrogens is 448 g/mol.